The van der Waals surface area contributed by atoms with Crippen molar-refractivity contribution in [3.8, 4) is 5.75 Å². The molecule has 0 bridgehead atoms. The lowest BCUT2D eigenvalue weighted by Crippen LogP contribution is -2.51. The summed E-state index contributed by atoms with van der Waals surface area (Å²) in [7, 11) is 0. The number of amides is 2. The number of aliphatic carboxylic acids is 1. The highest BCUT2D eigenvalue weighted by Gasteiger charge is 2.37. The molecule has 24 heavy (non-hydrogen) atoms. The molecular formula is C17H20N2O5. The fraction of sp³-hybridized carbons (Fsp3) is 0.471. The molecule has 2 aliphatic rings. The molecule has 0 saturated carbocycles. The Bertz CT molecular complexity index is 675. The first-order chi connectivity index (χ1) is 11.5. The van der Waals surface area contributed by atoms with Gasteiger partial charge in [-0.3, -0.25) is 9.59 Å². The number of fused-ring (bicyclic) bond motifs is 1. The molecule has 0 aliphatic carbocycles. The predicted molar refractivity (Wildman–Crippen MR) is 85.6 cm³/mol. The average Bonchev–Trinajstić information content (AvgIpc) is 2.55. The van der Waals surface area contributed by atoms with Crippen molar-refractivity contribution in [2.45, 2.75) is 38.3 Å². The van der Waals surface area contributed by atoms with Crippen LogP contribution in [-0.2, 0) is 14.4 Å². The van der Waals surface area contributed by atoms with Gasteiger partial charge in [-0.1, -0.05) is 19.1 Å². The third-order valence-corrected chi connectivity index (χ3v) is 4.54. The van der Waals surface area contributed by atoms with Crippen LogP contribution in [0.4, 0.5) is 5.69 Å². The average molecular weight is 332 g/mol. The molecule has 7 heteroatoms. The summed E-state index contributed by atoms with van der Waals surface area (Å²) in [4.78, 5) is 37.5. The van der Waals surface area contributed by atoms with Crippen molar-refractivity contribution < 1.29 is 24.2 Å². The van der Waals surface area contributed by atoms with Gasteiger partial charge in [-0.05, 0) is 30.9 Å². The Morgan fingerprint density at radius 1 is 1.38 bits per heavy atom. The topological polar surface area (TPSA) is 95.9 Å². The zero-order valence-corrected chi connectivity index (χ0v) is 13.4. The molecule has 1 aromatic rings. The molecule has 128 valence electrons. The fourth-order valence-corrected chi connectivity index (χ4v) is 3.18. The predicted octanol–water partition coefficient (Wildman–Crippen LogP) is 1.49. The van der Waals surface area contributed by atoms with E-state index in [1.165, 1.54) is 4.90 Å². The molecule has 2 aliphatic heterocycles. The molecule has 1 fully saturated rings. The number of hydrogen-bond acceptors (Lipinski definition) is 4. The van der Waals surface area contributed by atoms with Crippen molar-refractivity contribution in [1.82, 2.24) is 4.90 Å². The highest BCUT2D eigenvalue weighted by molar-refractivity contribution is 6.00. The van der Waals surface area contributed by atoms with Crippen molar-refractivity contribution in [3.63, 3.8) is 0 Å². The fourth-order valence-electron chi connectivity index (χ4n) is 3.18. The van der Waals surface area contributed by atoms with E-state index >= 15 is 0 Å². The van der Waals surface area contributed by atoms with Gasteiger partial charge in [0.1, 0.15) is 11.8 Å². The van der Waals surface area contributed by atoms with E-state index in [9.17, 15) is 19.5 Å². The molecule has 3 unspecified atom stereocenters. The molecule has 2 amide bonds. The quantitative estimate of drug-likeness (QED) is 0.874. The number of likely N-dealkylation sites (tertiary alicyclic amines) is 1. The number of rotatable bonds is 3. The summed E-state index contributed by atoms with van der Waals surface area (Å²) in [6, 6.07) is 6.16. The molecule has 3 rings (SSSR count). The number of benzene rings is 1. The summed E-state index contributed by atoms with van der Waals surface area (Å²) in [6.07, 6.45) is 0.0805. The number of carboxylic acids is 1. The maximum Gasteiger partial charge on any atom is 0.326 e. The van der Waals surface area contributed by atoms with Crippen LogP contribution in [0.2, 0.25) is 0 Å². The Labute approximate surface area is 139 Å². The van der Waals surface area contributed by atoms with E-state index in [0.29, 0.717) is 24.4 Å². The van der Waals surface area contributed by atoms with Crippen LogP contribution < -0.4 is 10.1 Å². The van der Waals surface area contributed by atoms with Crippen LogP contribution in [0.15, 0.2) is 24.3 Å². The van der Waals surface area contributed by atoms with Crippen LogP contribution in [-0.4, -0.2) is 46.5 Å². The van der Waals surface area contributed by atoms with Gasteiger partial charge in [0.05, 0.1) is 12.1 Å². The van der Waals surface area contributed by atoms with Crippen LogP contribution in [0, 0.1) is 5.92 Å². The zero-order chi connectivity index (χ0) is 17.3. The van der Waals surface area contributed by atoms with Gasteiger partial charge < -0.3 is 20.1 Å². The molecule has 2 heterocycles. The standard InChI is InChI=1S/C17H20N2O5/c1-10-6-7-19(12(8-10)17(22)23)15(20)9-14-16(21)18-11-4-2-3-5-13(11)24-14/h2-5,10,12,14H,6-9H2,1H3,(H,18,21)(H,22,23). The lowest BCUT2D eigenvalue weighted by Gasteiger charge is -2.37. The maximum atomic E-state index is 12.5. The number of nitrogens with zero attached hydrogens (tertiary/aromatic N) is 1. The number of anilines is 1. The van der Waals surface area contributed by atoms with Gasteiger partial charge in [0.2, 0.25) is 5.91 Å². The summed E-state index contributed by atoms with van der Waals surface area (Å²) in [5, 5.41) is 12.1. The summed E-state index contributed by atoms with van der Waals surface area (Å²) in [6.45, 7) is 2.37. The van der Waals surface area contributed by atoms with Gasteiger partial charge in [-0.2, -0.15) is 0 Å². The third kappa shape index (κ3) is 3.20. The smallest absolute Gasteiger partial charge is 0.326 e. The lowest BCUT2D eigenvalue weighted by atomic mass is 9.92. The molecule has 7 nitrogen and oxygen atoms in total. The molecule has 0 radical (unpaired) electrons. The van der Waals surface area contributed by atoms with Crippen molar-refractivity contribution in [3.05, 3.63) is 24.3 Å². The minimum Gasteiger partial charge on any atom is -0.480 e. The van der Waals surface area contributed by atoms with E-state index in [0.717, 1.165) is 6.42 Å². The summed E-state index contributed by atoms with van der Waals surface area (Å²) in [5.41, 5.74) is 0.571. The molecule has 1 saturated heterocycles. The van der Waals surface area contributed by atoms with Crippen LogP contribution in [0.25, 0.3) is 0 Å². The van der Waals surface area contributed by atoms with Crippen molar-refractivity contribution in [2.75, 3.05) is 11.9 Å². The first-order valence-electron chi connectivity index (χ1n) is 8.04. The van der Waals surface area contributed by atoms with Crippen LogP contribution in [0.1, 0.15) is 26.2 Å². The number of ether oxygens (including phenoxy) is 1. The Kier molecular flexibility index (Phi) is 4.42. The van der Waals surface area contributed by atoms with Gasteiger partial charge in [-0.15, -0.1) is 0 Å². The van der Waals surface area contributed by atoms with Gasteiger partial charge in [0, 0.05) is 6.54 Å². The monoisotopic (exact) mass is 332 g/mol. The largest absolute Gasteiger partial charge is 0.480 e. The Balaban J connectivity index is 1.70. The molecular weight excluding hydrogens is 312 g/mol. The van der Waals surface area contributed by atoms with Gasteiger partial charge in [-0.25, -0.2) is 4.79 Å². The van der Waals surface area contributed by atoms with E-state index < -0.39 is 18.1 Å². The SMILES string of the molecule is CC1CCN(C(=O)CC2Oc3ccccc3NC2=O)C(C(=O)O)C1. The summed E-state index contributed by atoms with van der Waals surface area (Å²) < 4.78 is 5.62. The van der Waals surface area contributed by atoms with Crippen LogP contribution >= 0.6 is 0 Å². The van der Waals surface area contributed by atoms with Crippen molar-refractivity contribution >= 4 is 23.5 Å². The zero-order valence-electron chi connectivity index (χ0n) is 13.4. The number of hydrogen-bond donors (Lipinski definition) is 2. The van der Waals surface area contributed by atoms with Crippen LogP contribution in [0.5, 0.6) is 5.75 Å². The molecule has 0 aromatic heterocycles. The van der Waals surface area contributed by atoms with E-state index in [1.807, 2.05) is 6.92 Å². The second-order valence-electron chi connectivity index (χ2n) is 6.37. The molecule has 2 N–H and O–H groups in total. The first-order valence-corrected chi connectivity index (χ1v) is 8.04. The summed E-state index contributed by atoms with van der Waals surface area (Å²) in [5.74, 6) is -0.990. The highest BCUT2D eigenvalue weighted by atomic mass is 16.5. The van der Waals surface area contributed by atoms with Crippen LogP contribution in [0.3, 0.4) is 0 Å². The normalized spacial score (nSPS) is 26.1. The number of para-hydroxylation sites is 2. The number of carbonyl (C=O) groups is 3. The van der Waals surface area contributed by atoms with E-state index in [4.69, 9.17) is 4.74 Å². The second kappa shape index (κ2) is 6.51. The minimum absolute atomic E-state index is 0.168. The maximum absolute atomic E-state index is 12.5. The Hall–Kier alpha value is -2.57. The number of carboxylic acid groups (broad SMARTS) is 1. The van der Waals surface area contributed by atoms with Crippen molar-refractivity contribution in [2.24, 2.45) is 5.92 Å². The van der Waals surface area contributed by atoms with Crippen molar-refractivity contribution in [1.29, 1.82) is 0 Å². The Morgan fingerprint density at radius 3 is 2.88 bits per heavy atom. The van der Waals surface area contributed by atoms with E-state index in [1.54, 1.807) is 24.3 Å². The second-order valence-corrected chi connectivity index (χ2v) is 6.37. The molecule has 0 spiro atoms. The summed E-state index contributed by atoms with van der Waals surface area (Å²) >= 11 is 0. The minimum atomic E-state index is -1.01. The number of carbonyl (C=O) groups excluding carboxylic acids is 2. The van der Waals surface area contributed by atoms with Gasteiger partial charge in [0.15, 0.2) is 6.10 Å². The number of piperidine rings is 1. The first kappa shape index (κ1) is 16.3. The van der Waals surface area contributed by atoms with Gasteiger partial charge >= 0.3 is 5.97 Å². The lowest BCUT2D eigenvalue weighted by molar-refractivity contribution is -0.154. The third-order valence-electron chi connectivity index (χ3n) is 4.54. The van der Waals surface area contributed by atoms with E-state index in [-0.39, 0.29) is 24.2 Å². The highest BCUT2D eigenvalue weighted by Crippen LogP contribution is 2.30. The Morgan fingerprint density at radius 2 is 2.12 bits per heavy atom. The van der Waals surface area contributed by atoms with E-state index in [2.05, 4.69) is 5.32 Å². The van der Waals surface area contributed by atoms with Gasteiger partial charge in [0.25, 0.3) is 5.91 Å². The molecule has 3 atom stereocenters. The number of nitrogens with one attached hydrogen (secondary N) is 1. The molecule has 1 aromatic carbocycles.